The third-order valence-corrected chi connectivity index (χ3v) is 1.54. The van der Waals surface area contributed by atoms with E-state index in [2.05, 4.69) is 0 Å². The zero-order chi connectivity index (χ0) is 12.9. The van der Waals surface area contributed by atoms with E-state index in [0.717, 1.165) is 7.05 Å². The van der Waals surface area contributed by atoms with Crippen LogP contribution in [0.25, 0.3) is 0 Å². The van der Waals surface area contributed by atoms with E-state index in [1.165, 1.54) is 5.32 Å². The Hall–Kier alpha value is -2.16. The van der Waals surface area contributed by atoms with E-state index in [4.69, 9.17) is 0 Å². The highest BCUT2D eigenvalue weighted by molar-refractivity contribution is 6.05. The number of aliphatic carboxylic acids is 3. The van der Waals surface area contributed by atoms with E-state index in [0.29, 0.717) is 0 Å². The van der Waals surface area contributed by atoms with Crippen molar-refractivity contribution >= 4 is 23.8 Å². The molecular formula is C7H7N2O7-3. The monoisotopic (exact) mass is 231 g/mol. The maximum absolute atomic E-state index is 11.1. The molecule has 90 valence electrons. The van der Waals surface area contributed by atoms with Gasteiger partial charge in [-0.2, -0.15) is 0 Å². The Morgan fingerprint density at radius 1 is 0.875 bits per heavy atom. The summed E-state index contributed by atoms with van der Waals surface area (Å²) in [6.45, 7) is 0. The highest BCUT2D eigenvalue weighted by Crippen LogP contribution is 1.86. The van der Waals surface area contributed by atoms with Crippen LogP contribution in [0.2, 0.25) is 0 Å². The third-order valence-electron chi connectivity index (χ3n) is 1.54. The highest BCUT2D eigenvalue weighted by atomic mass is 16.4. The van der Waals surface area contributed by atoms with Crippen molar-refractivity contribution < 1.29 is 34.5 Å². The molecule has 0 saturated carbocycles. The molecule has 1 amide bonds. The van der Waals surface area contributed by atoms with Crippen molar-refractivity contribution in [2.24, 2.45) is 0 Å². The number of likely N-dealkylation sites (N-methyl/N-ethyl adjacent to an activating group) is 1. The van der Waals surface area contributed by atoms with E-state index < -0.39 is 35.9 Å². The zero-order valence-electron chi connectivity index (χ0n) is 8.01. The molecule has 0 aliphatic rings. The first-order valence-corrected chi connectivity index (χ1v) is 3.91. The standard InChI is InChI=1S/C7H10N2O7/c1-8-2(5(11)12)4(10)9-3(6(13)14)7(15)16/h2-3,8H,1H3,(H,9,10)(H,11,12)(H,13,14)(H,15,16)/p-3. The predicted octanol–water partition coefficient (Wildman–Crippen LogP) is -6.69. The summed E-state index contributed by atoms with van der Waals surface area (Å²) in [5.74, 6) is -7.47. The number of amides is 1. The lowest BCUT2D eigenvalue weighted by molar-refractivity contribution is -0.327. The van der Waals surface area contributed by atoms with Gasteiger partial charge in [-0.25, -0.2) is 0 Å². The molecule has 0 fully saturated rings. The molecule has 1 unspecified atom stereocenters. The van der Waals surface area contributed by atoms with Gasteiger partial charge in [0.1, 0.15) is 12.1 Å². The minimum absolute atomic E-state index is 1.09. The van der Waals surface area contributed by atoms with Crippen LogP contribution in [0.4, 0.5) is 0 Å². The molecule has 2 N–H and O–H groups in total. The summed E-state index contributed by atoms with van der Waals surface area (Å²) in [5.41, 5.74) is 0. The van der Waals surface area contributed by atoms with Crippen molar-refractivity contribution in [1.82, 2.24) is 10.6 Å². The summed E-state index contributed by atoms with van der Waals surface area (Å²) in [7, 11) is 1.09. The van der Waals surface area contributed by atoms with Crippen LogP contribution in [0, 0.1) is 0 Å². The van der Waals surface area contributed by atoms with Crippen LogP contribution in [0.5, 0.6) is 0 Å². The SMILES string of the molecule is CNC(C(=O)[O-])C(=O)NC(C(=O)[O-])C(=O)[O-]. The number of carboxylic acids is 3. The molecule has 9 heteroatoms. The molecule has 0 aliphatic heterocycles. The summed E-state index contributed by atoms with van der Waals surface area (Å²) in [6, 6.07) is -4.30. The van der Waals surface area contributed by atoms with Gasteiger partial charge in [0.2, 0.25) is 5.91 Å². The topological polar surface area (TPSA) is 162 Å². The molecule has 0 radical (unpaired) electrons. The lowest BCUT2D eigenvalue weighted by Crippen LogP contribution is -2.62. The molecule has 0 rings (SSSR count). The second kappa shape index (κ2) is 5.66. The Morgan fingerprint density at radius 3 is 1.50 bits per heavy atom. The molecule has 0 aromatic rings. The van der Waals surface area contributed by atoms with Crippen molar-refractivity contribution in [1.29, 1.82) is 0 Å². The van der Waals surface area contributed by atoms with Gasteiger partial charge in [-0.1, -0.05) is 0 Å². The van der Waals surface area contributed by atoms with Gasteiger partial charge in [-0.05, 0) is 7.05 Å². The van der Waals surface area contributed by atoms with Crippen LogP contribution in [0.1, 0.15) is 0 Å². The lowest BCUT2D eigenvalue weighted by atomic mass is 10.2. The largest absolute Gasteiger partial charge is 0.548 e. The number of hydrogen-bond donors (Lipinski definition) is 2. The summed E-state index contributed by atoms with van der Waals surface area (Å²) in [6.07, 6.45) is 0. The second-order valence-corrected chi connectivity index (χ2v) is 2.62. The maximum atomic E-state index is 11.1. The molecule has 0 aliphatic carbocycles. The van der Waals surface area contributed by atoms with Crippen molar-refractivity contribution in [2.75, 3.05) is 7.05 Å². The Kier molecular flexibility index (Phi) is 4.89. The highest BCUT2D eigenvalue weighted by Gasteiger charge is 2.22. The fourth-order valence-electron chi connectivity index (χ4n) is 0.796. The van der Waals surface area contributed by atoms with Crippen LogP contribution in [0.3, 0.4) is 0 Å². The van der Waals surface area contributed by atoms with Crippen molar-refractivity contribution in [3.8, 4) is 0 Å². The van der Waals surface area contributed by atoms with Gasteiger partial charge in [0.05, 0.1) is 17.9 Å². The fraction of sp³-hybridized carbons (Fsp3) is 0.429. The van der Waals surface area contributed by atoms with Gasteiger partial charge < -0.3 is 40.3 Å². The Labute approximate surface area is 89.1 Å². The molecule has 16 heavy (non-hydrogen) atoms. The smallest absolute Gasteiger partial charge is 0.243 e. The molecular weight excluding hydrogens is 224 g/mol. The number of rotatable bonds is 6. The molecule has 0 spiro atoms. The number of carbonyl (C=O) groups is 4. The average Bonchev–Trinajstić information content (AvgIpc) is 2.13. The van der Waals surface area contributed by atoms with Gasteiger partial charge in [0.25, 0.3) is 0 Å². The van der Waals surface area contributed by atoms with E-state index in [1.807, 2.05) is 5.32 Å². The van der Waals surface area contributed by atoms with Gasteiger partial charge in [-0.15, -0.1) is 0 Å². The van der Waals surface area contributed by atoms with Crippen molar-refractivity contribution in [2.45, 2.75) is 12.1 Å². The Morgan fingerprint density at radius 2 is 1.25 bits per heavy atom. The number of carbonyl (C=O) groups excluding carboxylic acids is 4. The molecule has 0 aromatic heterocycles. The first-order chi connectivity index (χ1) is 7.31. The normalized spacial score (nSPS) is 11.9. The molecule has 9 nitrogen and oxygen atoms in total. The average molecular weight is 231 g/mol. The van der Waals surface area contributed by atoms with Crippen LogP contribution in [-0.2, 0) is 19.2 Å². The third kappa shape index (κ3) is 3.53. The summed E-state index contributed by atoms with van der Waals surface area (Å²) in [5, 5.41) is 34.2. The number of hydrogen-bond acceptors (Lipinski definition) is 8. The quantitative estimate of drug-likeness (QED) is 0.426. The number of nitrogens with one attached hydrogen (secondary N) is 2. The van der Waals surface area contributed by atoms with Crippen LogP contribution in [0.15, 0.2) is 0 Å². The fourth-order valence-corrected chi connectivity index (χ4v) is 0.796. The predicted molar refractivity (Wildman–Crippen MR) is 39.8 cm³/mol. The van der Waals surface area contributed by atoms with Crippen molar-refractivity contribution in [3.05, 3.63) is 0 Å². The van der Waals surface area contributed by atoms with E-state index in [-0.39, 0.29) is 0 Å². The van der Waals surface area contributed by atoms with Crippen LogP contribution >= 0.6 is 0 Å². The van der Waals surface area contributed by atoms with E-state index >= 15 is 0 Å². The zero-order valence-corrected chi connectivity index (χ0v) is 8.01. The van der Waals surface area contributed by atoms with Gasteiger partial charge >= 0.3 is 0 Å². The molecule has 0 saturated heterocycles. The van der Waals surface area contributed by atoms with Gasteiger partial charge in [-0.3, -0.25) is 4.79 Å². The van der Waals surface area contributed by atoms with E-state index in [1.54, 1.807) is 0 Å². The van der Waals surface area contributed by atoms with Crippen LogP contribution < -0.4 is 26.0 Å². The lowest BCUT2D eigenvalue weighted by Gasteiger charge is -2.24. The summed E-state index contributed by atoms with van der Waals surface area (Å²) in [4.78, 5) is 41.8. The van der Waals surface area contributed by atoms with Crippen LogP contribution in [-0.4, -0.2) is 42.9 Å². The van der Waals surface area contributed by atoms with Crippen molar-refractivity contribution in [3.63, 3.8) is 0 Å². The minimum Gasteiger partial charge on any atom is -0.548 e. The molecule has 0 aromatic carbocycles. The first-order valence-electron chi connectivity index (χ1n) is 3.91. The molecule has 1 atom stereocenters. The van der Waals surface area contributed by atoms with E-state index in [9.17, 15) is 34.5 Å². The first kappa shape index (κ1) is 13.8. The molecule has 0 bridgehead atoms. The second-order valence-electron chi connectivity index (χ2n) is 2.62. The summed E-state index contributed by atoms with van der Waals surface area (Å²) < 4.78 is 0. The Bertz CT molecular complexity index is 313. The Balaban J connectivity index is 4.69. The minimum atomic E-state index is -2.43. The number of carboxylic acid groups (broad SMARTS) is 3. The summed E-state index contributed by atoms with van der Waals surface area (Å²) >= 11 is 0. The van der Waals surface area contributed by atoms with Gasteiger partial charge in [0, 0.05) is 0 Å². The van der Waals surface area contributed by atoms with Gasteiger partial charge in [0.15, 0.2) is 0 Å². The maximum Gasteiger partial charge on any atom is 0.243 e. The molecule has 0 heterocycles.